The number of phenols is 1. The second kappa shape index (κ2) is 4.88. The normalized spacial score (nSPS) is 23.7. The van der Waals surface area contributed by atoms with Gasteiger partial charge in [0.1, 0.15) is 11.9 Å². The molecule has 1 aromatic rings. The average Bonchev–Trinajstić information content (AvgIpc) is 2.30. The van der Waals surface area contributed by atoms with Gasteiger partial charge >= 0.3 is 0 Å². The number of halogens is 1. The number of alkyl halides is 1. The fraction of sp³-hybridized carbons (Fsp3) is 0.500. The van der Waals surface area contributed by atoms with Crippen molar-refractivity contribution >= 4 is 11.8 Å². The van der Waals surface area contributed by atoms with Crippen molar-refractivity contribution in [2.75, 3.05) is 11.5 Å². The molecule has 1 aliphatic rings. The van der Waals surface area contributed by atoms with Crippen LogP contribution in [0.1, 0.15) is 24.6 Å². The van der Waals surface area contributed by atoms with E-state index in [-0.39, 0.29) is 11.7 Å². The molecule has 82 valence electrons. The molecule has 1 aromatic carbocycles. The van der Waals surface area contributed by atoms with Crippen molar-refractivity contribution in [3.8, 4) is 5.75 Å². The van der Waals surface area contributed by atoms with E-state index in [1.807, 2.05) is 11.8 Å². The maximum absolute atomic E-state index is 14.1. The Bertz CT molecular complexity index is 306. The van der Waals surface area contributed by atoms with Crippen molar-refractivity contribution in [1.29, 1.82) is 0 Å². The molecule has 0 aliphatic carbocycles. The van der Waals surface area contributed by atoms with Crippen LogP contribution in [0.15, 0.2) is 24.3 Å². The molecule has 1 aliphatic heterocycles. The minimum atomic E-state index is -0.876. The van der Waals surface area contributed by atoms with Crippen LogP contribution in [0.25, 0.3) is 0 Å². The van der Waals surface area contributed by atoms with Gasteiger partial charge in [-0.2, -0.15) is 11.8 Å². The van der Waals surface area contributed by atoms with Crippen LogP contribution >= 0.6 is 11.8 Å². The fourth-order valence-electron chi connectivity index (χ4n) is 1.93. The summed E-state index contributed by atoms with van der Waals surface area (Å²) in [6.07, 6.45) is 1.22. The van der Waals surface area contributed by atoms with Crippen molar-refractivity contribution in [1.82, 2.24) is 0 Å². The van der Waals surface area contributed by atoms with Crippen molar-refractivity contribution < 1.29 is 9.50 Å². The Morgan fingerprint density at radius 1 is 1.33 bits per heavy atom. The SMILES string of the molecule is Oc1ccc(C(F)C2CCCSC2)cc1. The van der Waals surface area contributed by atoms with Crippen LogP contribution in [0.5, 0.6) is 5.75 Å². The highest BCUT2D eigenvalue weighted by molar-refractivity contribution is 7.99. The van der Waals surface area contributed by atoms with Gasteiger partial charge in [0.2, 0.25) is 0 Å². The Kier molecular flexibility index (Phi) is 3.52. The summed E-state index contributed by atoms with van der Waals surface area (Å²) in [5.41, 5.74) is 0.695. The van der Waals surface area contributed by atoms with E-state index in [0.29, 0.717) is 5.56 Å². The molecule has 2 atom stereocenters. The third-order valence-electron chi connectivity index (χ3n) is 2.82. The summed E-state index contributed by atoms with van der Waals surface area (Å²) in [6.45, 7) is 0. The van der Waals surface area contributed by atoms with Crippen LogP contribution < -0.4 is 0 Å². The van der Waals surface area contributed by atoms with Crippen molar-refractivity contribution in [3.05, 3.63) is 29.8 Å². The molecular weight excluding hydrogens is 211 g/mol. The summed E-state index contributed by atoms with van der Waals surface area (Å²) >= 11 is 1.84. The van der Waals surface area contributed by atoms with Crippen LogP contribution in [0.4, 0.5) is 4.39 Å². The van der Waals surface area contributed by atoms with Crippen LogP contribution in [-0.2, 0) is 0 Å². The molecule has 1 heterocycles. The van der Waals surface area contributed by atoms with Crippen LogP contribution in [-0.4, -0.2) is 16.6 Å². The molecular formula is C12H15FOS. The molecule has 2 unspecified atom stereocenters. The lowest BCUT2D eigenvalue weighted by atomic mass is 9.94. The number of phenolic OH excluding ortho intramolecular Hbond substituents is 1. The van der Waals surface area contributed by atoms with Gasteiger partial charge in [-0.05, 0) is 42.0 Å². The first kappa shape index (κ1) is 10.8. The second-order valence-electron chi connectivity index (χ2n) is 3.97. The molecule has 15 heavy (non-hydrogen) atoms. The highest BCUT2D eigenvalue weighted by Gasteiger charge is 2.24. The Morgan fingerprint density at radius 2 is 2.07 bits per heavy atom. The molecule has 0 radical (unpaired) electrons. The second-order valence-corrected chi connectivity index (χ2v) is 5.12. The lowest BCUT2D eigenvalue weighted by molar-refractivity contribution is 0.236. The van der Waals surface area contributed by atoms with E-state index in [2.05, 4.69) is 0 Å². The lowest BCUT2D eigenvalue weighted by Gasteiger charge is -2.24. The number of thioether (sulfide) groups is 1. The zero-order valence-corrected chi connectivity index (χ0v) is 9.34. The van der Waals surface area contributed by atoms with Crippen LogP contribution in [0.3, 0.4) is 0 Å². The first-order valence-electron chi connectivity index (χ1n) is 5.28. The fourth-order valence-corrected chi connectivity index (χ4v) is 3.10. The predicted molar refractivity (Wildman–Crippen MR) is 62.0 cm³/mol. The Morgan fingerprint density at radius 3 is 2.67 bits per heavy atom. The number of aromatic hydroxyl groups is 1. The molecule has 1 fully saturated rings. The standard InChI is InChI=1S/C12H15FOS/c13-12(10-2-1-7-15-8-10)9-3-5-11(14)6-4-9/h3-6,10,12,14H,1-2,7-8H2. The van der Waals surface area contributed by atoms with E-state index < -0.39 is 6.17 Å². The van der Waals surface area contributed by atoms with Crippen LogP contribution in [0, 0.1) is 5.92 Å². The topological polar surface area (TPSA) is 20.2 Å². The Labute approximate surface area is 93.7 Å². The van der Waals surface area contributed by atoms with Gasteiger partial charge < -0.3 is 5.11 Å². The molecule has 0 saturated carbocycles. The van der Waals surface area contributed by atoms with Crippen molar-refractivity contribution in [3.63, 3.8) is 0 Å². The largest absolute Gasteiger partial charge is 0.508 e. The zero-order valence-electron chi connectivity index (χ0n) is 8.53. The molecule has 0 spiro atoms. The van der Waals surface area contributed by atoms with Crippen LogP contribution in [0.2, 0.25) is 0 Å². The van der Waals surface area contributed by atoms with Gasteiger partial charge in [0.25, 0.3) is 0 Å². The molecule has 0 bridgehead atoms. The predicted octanol–water partition coefficient (Wildman–Crippen LogP) is 3.55. The number of rotatable bonds is 2. The van der Waals surface area contributed by atoms with Gasteiger partial charge in [-0.25, -0.2) is 4.39 Å². The van der Waals surface area contributed by atoms with E-state index in [4.69, 9.17) is 5.11 Å². The summed E-state index contributed by atoms with van der Waals surface area (Å²) in [6, 6.07) is 6.47. The van der Waals surface area contributed by atoms with Crippen molar-refractivity contribution in [2.45, 2.75) is 19.0 Å². The number of hydrogen-bond donors (Lipinski definition) is 1. The van der Waals surface area contributed by atoms with Gasteiger partial charge in [-0.15, -0.1) is 0 Å². The summed E-state index contributed by atoms with van der Waals surface area (Å²) in [5, 5.41) is 9.12. The first-order chi connectivity index (χ1) is 7.27. The molecule has 1 N–H and O–H groups in total. The number of benzene rings is 1. The van der Waals surface area contributed by atoms with Gasteiger partial charge in [-0.1, -0.05) is 12.1 Å². The van der Waals surface area contributed by atoms with Gasteiger partial charge in [0.15, 0.2) is 0 Å². The Balaban J connectivity index is 2.05. The third-order valence-corrected chi connectivity index (χ3v) is 4.06. The summed E-state index contributed by atoms with van der Waals surface area (Å²) in [7, 11) is 0. The van der Waals surface area contributed by atoms with E-state index in [1.165, 1.54) is 5.75 Å². The molecule has 0 aromatic heterocycles. The minimum Gasteiger partial charge on any atom is -0.508 e. The molecule has 0 amide bonds. The lowest BCUT2D eigenvalue weighted by Crippen LogP contribution is -2.16. The monoisotopic (exact) mass is 226 g/mol. The summed E-state index contributed by atoms with van der Waals surface area (Å²) < 4.78 is 14.1. The molecule has 3 heteroatoms. The van der Waals surface area contributed by atoms with E-state index >= 15 is 0 Å². The van der Waals surface area contributed by atoms with E-state index in [0.717, 1.165) is 18.6 Å². The highest BCUT2D eigenvalue weighted by atomic mass is 32.2. The molecule has 2 rings (SSSR count). The smallest absolute Gasteiger partial charge is 0.129 e. The maximum atomic E-state index is 14.1. The zero-order chi connectivity index (χ0) is 10.7. The van der Waals surface area contributed by atoms with E-state index in [9.17, 15) is 4.39 Å². The summed E-state index contributed by atoms with van der Waals surface area (Å²) in [4.78, 5) is 0. The molecule has 1 saturated heterocycles. The van der Waals surface area contributed by atoms with Gasteiger partial charge in [0.05, 0.1) is 0 Å². The third kappa shape index (κ3) is 2.65. The Hall–Kier alpha value is -0.700. The highest BCUT2D eigenvalue weighted by Crippen LogP contribution is 2.35. The minimum absolute atomic E-state index is 0.147. The van der Waals surface area contributed by atoms with Gasteiger partial charge in [-0.3, -0.25) is 0 Å². The quantitative estimate of drug-likeness (QED) is 0.832. The van der Waals surface area contributed by atoms with Gasteiger partial charge in [0, 0.05) is 5.92 Å². The summed E-state index contributed by atoms with van der Waals surface area (Å²) in [5.74, 6) is 2.43. The maximum Gasteiger partial charge on any atom is 0.129 e. The first-order valence-corrected chi connectivity index (χ1v) is 6.43. The van der Waals surface area contributed by atoms with Crippen molar-refractivity contribution in [2.24, 2.45) is 5.92 Å². The molecule has 1 nitrogen and oxygen atoms in total. The number of hydrogen-bond acceptors (Lipinski definition) is 2. The van der Waals surface area contributed by atoms with E-state index in [1.54, 1.807) is 24.3 Å². The average molecular weight is 226 g/mol.